The van der Waals surface area contributed by atoms with Crippen LogP contribution in [0.25, 0.3) is 0 Å². The van der Waals surface area contributed by atoms with Gasteiger partial charge in [0.1, 0.15) is 18.0 Å². The Labute approximate surface area is 126 Å². The first-order valence-corrected chi connectivity index (χ1v) is 8.32. The highest BCUT2D eigenvalue weighted by molar-refractivity contribution is 5.48. The predicted molar refractivity (Wildman–Crippen MR) is 84.6 cm³/mol. The van der Waals surface area contributed by atoms with Gasteiger partial charge in [-0.15, -0.1) is 0 Å². The summed E-state index contributed by atoms with van der Waals surface area (Å²) in [4.78, 5) is 10.9. The molecule has 2 heterocycles. The van der Waals surface area contributed by atoms with Crippen molar-refractivity contribution in [3.63, 3.8) is 0 Å². The summed E-state index contributed by atoms with van der Waals surface area (Å²) in [6.45, 7) is 2.75. The molecule has 2 fully saturated rings. The van der Waals surface area contributed by atoms with E-state index in [1.54, 1.807) is 6.33 Å². The summed E-state index contributed by atoms with van der Waals surface area (Å²) < 4.78 is 0. The molecule has 0 radical (unpaired) electrons. The maximum absolute atomic E-state index is 10.3. The first-order valence-electron chi connectivity index (χ1n) is 8.32. The van der Waals surface area contributed by atoms with Crippen molar-refractivity contribution in [2.75, 3.05) is 29.9 Å². The lowest BCUT2D eigenvalue weighted by molar-refractivity contribution is 0.0956. The molecular weight excluding hydrogens is 264 g/mol. The molecule has 0 bridgehead atoms. The zero-order valence-electron chi connectivity index (χ0n) is 12.7. The Kier molecular flexibility index (Phi) is 4.91. The van der Waals surface area contributed by atoms with E-state index in [0.717, 1.165) is 37.6 Å². The fraction of sp³-hybridized carbons (Fsp3) is 0.750. The van der Waals surface area contributed by atoms with Crippen molar-refractivity contribution in [2.45, 2.75) is 51.0 Å². The summed E-state index contributed by atoms with van der Waals surface area (Å²) >= 11 is 0. The number of anilines is 2. The molecule has 3 rings (SSSR count). The Bertz CT molecular complexity index is 442. The van der Waals surface area contributed by atoms with Crippen LogP contribution in [0.5, 0.6) is 0 Å². The molecule has 0 amide bonds. The lowest BCUT2D eigenvalue weighted by Crippen LogP contribution is -2.30. The monoisotopic (exact) mass is 290 g/mol. The molecule has 5 nitrogen and oxygen atoms in total. The van der Waals surface area contributed by atoms with Gasteiger partial charge < -0.3 is 15.3 Å². The van der Waals surface area contributed by atoms with Gasteiger partial charge in [0.25, 0.3) is 0 Å². The molecule has 1 aliphatic carbocycles. The zero-order valence-corrected chi connectivity index (χ0v) is 12.7. The van der Waals surface area contributed by atoms with Crippen molar-refractivity contribution in [3.05, 3.63) is 12.4 Å². The normalized spacial score (nSPS) is 21.5. The number of nitrogens with zero attached hydrogens (tertiary/aromatic N) is 3. The minimum atomic E-state index is -0.268. The van der Waals surface area contributed by atoms with E-state index in [4.69, 9.17) is 0 Å². The van der Waals surface area contributed by atoms with Gasteiger partial charge in [0, 0.05) is 25.7 Å². The van der Waals surface area contributed by atoms with Crippen LogP contribution in [0.3, 0.4) is 0 Å². The molecule has 1 unspecified atom stereocenters. The van der Waals surface area contributed by atoms with Crippen molar-refractivity contribution in [1.29, 1.82) is 0 Å². The lowest BCUT2D eigenvalue weighted by Gasteiger charge is -2.26. The highest BCUT2D eigenvalue weighted by atomic mass is 16.3. The number of hydrogen-bond donors (Lipinski definition) is 2. The smallest absolute Gasteiger partial charge is 0.134 e. The van der Waals surface area contributed by atoms with Crippen LogP contribution >= 0.6 is 0 Å². The van der Waals surface area contributed by atoms with E-state index in [2.05, 4.69) is 20.2 Å². The van der Waals surface area contributed by atoms with E-state index in [1.807, 2.05) is 6.07 Å². The molecule has 2 N–H and O–H groups in total. The molecule has 1 aromatic heterocycles. The average Bonchev–Trinajstić information content (AvgIpc) is 3.08. The lowest BCUT2D eigenvalue weighted by atomic mass is 9.85. The summed E-state index contributed by atoms with van der Waals surface area (Å²) in [5, 5.41) is 13.6. The fourth-order valence-corrected chi connectivity index (χ4v) is 3.46. The third-order valence-electron chi connectivity index (χ3n) is 4.77. The molecule has 0 spiro atoms. The minimum absolute atomic E-state index is 0.268. The number of nitrogens with one attached hydrogen (secondary N) is 1. The van der Waals surface area contributed by atoms with Crippen LogP contribution in [0.4, 0.5) is 11.6 Å². The maximum atomic E-state index is 10.3. The third kappa shape index (κ3) is 3.84. The molecule has 116 valence electrons. The first kappa shape index (κ1) is 14.6. The van der Waals surface area contributed by atoms with Crippen LogP contribution in [0.2, 0.25) is 0 Å². The molecule has 1 saturated heterocycles. The molecule has 0 aromatic carbocycles. The maximum Gasteiger partial charge on any atom is 0.134 e. The van der Waals surface area contributed by atoms with E-state index in [-0.39, 0.29) is 6.10 Å². The van der Waals surface area contributed by atoms with Crippen LogP contribution in [0, 0.1) is 5.92 Å². The van der Waals surface area contributed by atoms with Crippen molar-refractivity contribution in [2.24, 2.45) is 5.92 Å². The van der Waals surface area contributed by atoms with Crippen molar-refractivity contribution in [3.8, 4) is 0 Å². The van der Waals surface area contributed by atoms with E-state index < -0.39 is 0 Å². The number of aromatic nitrogens is 2. The Morgan fingerprint density at radius 2 is 1.90 bits per heavy atom. The van der Waals surface area contributed by atoms with Gasteiger partial charge in [-0.05, 0) is 31.6 Å². The Balaban J connectivity index is 1.53. The molecular formula is C16H26N4O. The van der Waals surface area contributed by atoms with E-state index in [1.165, 1.54) is 32.1 Å². The number of hydrogen-bond acceptors (Lipinski definition) is 5. The third-order valence-corrected chi connectivity index (χ3v) is 4.77. The summed E-state index contributed by atoms with van der Waals surface area (Å²) in [7, 11) is 0. The summed E-state index contributed by atoms with van der Waals surface area (Å²) in [5.41, 5.74) is 0. The van der Waals surface area contributed by atoms with Gasteiger partial charge in [0.15, 0.2) is 0 Å². The Morgan fingerprint density at radius 3 is 2.67 bits per heavy atom. The summed E-state index contributed by atoms with van der Waals surface area (Å²) in [5.74, 6) is 2.27. The average molecular weight is 290 g/mol. The molecule has 1 aliphatic heterocycles. The largest absolute Gasteiger partial charge is 0.391 e. The second-order valence-electron chi connectivity index (χ2n) is 6.30. The van der Waals surface area contributed by atoms with Crippen LogP contribution in [-0.2, 0) is 0 Å². The van der Waals surface area contributed by atoms with Gasteiger partial charge in [-0.2, -0.15) is 0 Å². The van der Waals surface area contributed by atoms with Crippen molar-refractivity contribution >= 4 is 11.6 Å². The molecule has 1 aromatic rings. The fourth-order valence-electron chi connectivity index (χ4n) is 3.46. The quantitative estimate of drug-likeness (QED) is 0.872. The number of rotatable bonds is 5. The predicted octanol–water partition coefficient (Wildman–Crippen LogP) is 2.43. The van der Waals surface area contributed by atoms with Gasteiger partial charge >= 0.3 is 0 Å². The van der Waals surface area contributed by atoms with E-state index >= 15 is 0 Å². The van der Waals surface area contributed by atoms with Gasteiger partial charge in [0.05, 0.1) is 6.10 Å². The molecule has 2 aliphatic rings. The van der Waals surface area contributed by atoms with Crippen molar-refractivity contribution in [1.82, 2.24) is 9.97 Å². The zero-order chi connectivity index (χ0) is 14.5. The second-order valence-corrected chi connectivity index (χ2v) is 6.30. The van der Waals surface area contributed by atoms with Gasteiger partial charge in [-0.1, -0.05) is 19.3 Å². The molecule has 1 saturated carbocycles. The number of aliphatic hydroxyl groups is 1. The van der Waals surface area contributed by atoms with E-state index in [0.29, 0.717) is 12.5 Å². The van der Waals surface area contributed by atoms with Crippen molar-refractivity contribution < 1.29 is 5.11 Å². The van der Waals surface area contributed by atoms with Crippen LogP contribution in [-0.4, -0.2) is 40.8 Å². The Hall–Kier alpha value is -1.36. The summed E-state index contributed by atoms with van der Waals surface area (Å²) in [6.07, 6.45) is 9.99. The van der Waals surface area contributed by atoms with Crippen LogP contribution < -0.4 is 10.2 Å². The summed E-state index contributed by atoms with van der Waals surface area (Å²) in [6, 6.07) is 2.00. The van der Waals surface area contributed by atoms with Crippen LogP contribution in [0.15, 0.2) is 12.4 Å². The van der Waals surface area contributed by atoms with Gasteiger partial charge in [-0.3, -0.25) is 0 Å². The highest BCUT2D eigenvalue weighted by Crippen LogP contribution is 2.26. The minimum Gasteiger partial charge on any atom is -0.391 e. The topological polar surface area (TPSA) is 61.3 Å². The van der Waals surface area contributed by atoms with E-state index in [9.17, 15) is 5.11 Å². The molecule has 5 heteroatoms. The number of aliphatic hydroxyl groups excluding tert-OH is 1. The standard InChI is InChI=1S/C16H26N4O/c21-14(13-6-2-1-3-7-13)11-17-15-10-16(19-12-18-15)20-8-4-5-9-20/h10,12-14,21H,1-9,11H2,(H,17,18,19). The second kappa shape index (κ2) is 7.07. The first-order chi connectivity index (χ1) is 10.3. The molecule has 21 heavy (non-hydrogen) atoms. The SMILES string of the molecule is OC(CNc1cc(N2CCCC2)ncn1)C1CCCCC1. The molecule has 1 atom stereocenters. The van der Waals surface area contributed by atoms with Crippen LogP contribution in [0.1, 0.15) is 44.9 Å². The highest BCUT2D eigenvalue weighted by Gasteiger charge is 2.21. The van der Waals surface area contributed by atoms with Gasteiger partial charge in [-0.25, -0.2) is 9.97 Å². The van der Waals surface area contributed by atoms with Gasteiger partial charge in [0.2, 0.25) is 0 Å². The Morgan fingerprint density at radius 1 is 1.14 bits per heavy atom.